The predicted octanol–water partition coefficient (Wildman–Crippen LogP) is -0.451. The van der Waals surface area contributed by atoms with Crippen molar-refractivity contribution in [2.75, 3.05) is 39.9 Å². The first-order chi connectivity index (χ1) is 33.2. The number of nitrogens with two attached hydrogens (primary N) is 3. The monoisotopic (exact) mass is 1010 g/mol. The number of ether oxygens (including phenoxy) is 2. The number of nitrogens with one attached hydrogen (secondary N) is 4. The van der Waals surface area contributed by atoms with Gasteiger partial charge in [-0.15, -0.1) is 0 Å². The summed E-state index contributed by atoms with van der Waals surface area (Å²) < 4.78 is 38.4. The van der Waals surface area contributed by atoms with Gasteiger partial charge in [0.1, 0.15) is 55.3 Å². The number of nitrogens with zero attached hydrogens (tertiary/aromatic N) is 3. The van der Waals surface area contributed by atoms with Crippen molar-refractivity contribution in [3.63, 3.8) is 0 Å². The number of amides is 4. The lowest BCUT2D eigenvalue weighted by atomic mass is 9.86. The number of carboxylic acid groups (broad SMARTS) is 1. The van der Waals surface area contributed by atoms with Crippen LogP contribution >= 0.6 is 0 Å². The van der Waals surface area contributed by atoms with Crippen molar-refractivity contribution in [2.24, 2.45) is 16.6 Å². The molecule has 24 heteroatoms. The van der Waals surface area contributed by atoms with E-state index in [1.165, 1.54) is 37.3 Å². The van der Waals surface area contributed by atoms with E-state index in [0.717, 1.165) is 17.5 Å². The molecule has 0 saturated carbocycles. The Morgan fingerprint density at radius 3 is 2.03 bits per heavy atom. The van der Waals surface area contributed by atoms with Crippen LogP contribution in [0.1, 0.15) is 72.2 Å². The van der Waals surface area contributed by atoms with Crippen molar-refractivity contribution in [1.29, 1.82) is 0 Å². The lowest BCUT2D eigenvalue weighted by Crippen LogP contribution is -2.57. The third-order valence-corrected chi connectivity index (χ3v) is 12.1. The van der Waals surface area contributed by atoms with Crippen molar-refractivity contribution >= 4 is 39.8 Å². The number of aliphatic hydroxyl groups is 2. The first kappa shape index (κ1) is 55.1. The molecule has 4 bridgehead atoms. The van der Waals surface area contributed by atoms with Crippen LogP contribution in [0.15, 0.2) is 54.6 Å². The molecule has 2 heterocycles. The van der Waals surface area contributed by atoms with Crippen molar-refractivity contribution in [2.45, 2.75) is 89.8 Å². The minimum absolute atomic E-state index is 0.0154. The van der Waals surface area contributed by atoms with E-state index >= 15 is 0 Å². The van der Waals surface area contributed by atoms with Crippen LogP contribution in [0.2, 0.25) is 0 Å². The molecule has 4 aromatic rings. The summed E-state index contributed by atoms with van der Waals surface area (Å²) in [4.78, 5) is 79.9. The minimum atomic E-state index is -4.52. The van der Waals surface area contributed by atoms with Crippen LogP contribution in [0.25, 0.3) is 22.5 Å². The number of aromatic hydroxyl groups is 1. The van der Waals surface area contributed by atoms with E-state index in [2.05, 4.69) is 46.7 Å². The fraction of sp³-hybridized carbons (Fsp3) is 0.426. The van der Waals surface area contributed by atoms with Gasteiger partial charge in [0, 0.05) is 49.8 Å². The van der Waals surface area contributed by atoms with Crippen molar-refractivity contribution in [1.82, 2.24) is 35.5 Å². The Morgan fingerprint density at radius 1 is 0.887 bits per heavy atom. The predicted molar refractivity (Wildman–Crippen MR) is 259 cm³/mol. The molecule has 71 heavy (non-hydrogen) atoms. The first-order valence-electron chi connectivity index (χ1n) is 22.4. The molecule has 23 nitrogen and oxygen atoms in total. The number of benzene rings is 3. The van der Waals surface area contributed by atoms with Gasteiger partial charge in [-0.25, -0.2) is 19.9 Å². The van der Waals surface area contributed by atoms with Gasteiger partial charge in [0.05, 0.1) is 17.0 Å². The summed E-state index contributed by atoms with van der Waals surface area (Å²) in [5.74, 6) is -6.04. The van der Waals surface area contributed by atoms with Gasteiger partial charge in [-0.1, -0.05) is 51.1 Å². The van der Waals surface area contributed by atoms with Crippen LogP contribution in [0.5, 0.6) is 17.2 Å². The number of aryl methyl sites for hydroxylation is 2. The van der Waals surface area contributed by atoms with E-state index in [-0.39, 0.29) is 76.7 Å². The molecule has 384 valence electrons. The fourth-order valence-electron chi connectivity index (χ4n) is 7.59. The molecule has 0 saturated heterocycles. The first-order valence-corrected chi connectivity index (χ1v) is 23.9. The molecule has 0 fully saturated rings. The van der Waals surface area contributed by atoms with E-state index in [0.29, 0.717) is 17.0 Å². The highest BCUT2D eigenvalue weighted by Gasteiger charge is 2.38. The highest BCUT2D eigenvalue weighted by molar-refractivity contribution is 7.87. The molecule has 1 aliphatic heterocycles. The molecule has 4 amide bonds. The zero-order chi connectivity index (χ0) is 52.7. The SMILES string of the molecule is Cc1nc(-c2ccc(C(C)(C)C)cc2)nc(C)c1C(=O)NC(CNS(N)(=O)=O)C(=O)N(C)[C@@H]1C(=O)N[C@@H](C)C(=O)N[C@H](C(=O)O)Cc2ccc(OCC(O)CN)c(c2)-c2cc1cc(OCC(O)CN)c2O. The third-order valence-electron chi connectivity index (χ3n) is 11.5. The van der Waals surface area contributed by atoms with E-state index < -0.39 is 95.1 Å². The molecular weight excluding hydrogens is 945 g/mol. The maximum absolute atomic E-state index is 14.9. The average molecular weight is 1010 g/mol. The topological polar surface area (TPSA) is 374 Å². The Labute approximate surface area is 410 Å². The van der Waals surface area contributed by atoms with Crippen LogP contribution in [0, 0.1) is 13.8 Å². The van der Waals surface area contributed by atoms with Crippen LogP contribution in [0.4, 0.5) is 0 Å². The second-order valence-corrected chi connectivity index (χ2v) is 19.6. The highest BCUT2D eigenvalue weighted by Crippen LogP contribution is 2.45. The summed E-state index contributed by atoms with van der Waals surface area (Å²) in [6.45, 7) is 8.47. The maximum Gasteiger partial charge on any atom is 0.326 e. The van der Waals surface area contributed by atoms with Crippen molar-refractivity contribution in [3.8, 4) is 39.8 Å². The second-order valence-electron chi connectivity index (χ2n) is 18.2. The van der Waals surface area contributed by atoms with Gasteiger partial charge < -0.3 is 62.2 Å². The summed E-state index contributed by atoms with van der Waals surface area (Å²) in [7, 11) is -3.37. The third kappa shape index (κ3) is 14.0. The number of phenols is 1. The fourth-order valence-corrected chi connectivity index (χ4v) is 7.99. The van der Waals surface area contributed by atoms with Crippen LogP contribution in [0.3, 0.4) is 0 Å². The molecule has 6 atom stereocenters. The number of aliphatic carboxylic acids is 1. The second kappa shape index (κ2) is 23.0. The molecule has 1 aromatic heterocycles. The van der Waals surface area contributed by atoms with Gasteiger partial charge in [-0.2, -0.15) is 13.1 Å². The number of aliphatic hydroxyl groups excluding tert-OH is 2. The van der Waals surface area contributed by atoms with E-state index in [1.807, 2.05) is 29.0 Å². The van der Waals surface area contributed by atoms with Crippen LogP contribution < -0.4 is 46.8 Å². The Balaban J connectivity index is 1.67. The van der Waals surface area contributed by atoms with E-state index in [1.54, 1.807) is 13.8 Å². The Hall–Kier alpha value is -6.80. The van der Waals surface area contributed by atoms with Crippen molar-refractivity contribution < 1.29 is 62.3 Å². The molecule has 0 spiro atoms. The summed E-state index contributed by atoms with van der Waals surface area (Å²) in [5, 5.41) is 55.5. The summed E-state index contributed by atoms with van der Waals surface area (Å²) in [6, 6.07) is 7.77. The number of hydrogen-bond donors (Lipinski definition) is 11. The Kier molecular flexibility index (Phi) is 17.8. The lowest BCUT2D eigenvalue weighted by Gasteiger charge is -2.33. The number of rotatable bonds is 17. The van der Waals surface area contributed by atoms with Gasteiger partial charge in [0.2, 0.25) is 17.7 Å². The molecule has 5 rings (SSSR count). The maximum atomic E-state index is 14.9. The number of fused-ring (bicyclic) bond motifs is 5. The number of hydrogen-bond acceptors (Lipinski definition) is 16. The number of aromatic nitrogens is 2. The zero-order valence-corrected chi connectivity index (χ0v) is 41.2. The molecule has 0 aliphatic carbocycles. The molecule has 14 N–H and O–H groups in total. The number of carboxylic acids is 1. The lowest BCUT2D eigenvalue weighted by molar-refractivity contribution is -0.143. The standard InChI is InChI=1S/C47H62N10O13S/c1-23-38(24(2)53-41(52-23)27-9-11-29(12-10-27)47(4,5)6)43(62)56-35(20-51-71(50,67)68)45(64)57(7)39-28-16-33(40(60)37(17-28)70-22-31(59)19-49)32-14-26(8-13-36(32)69-21-30(58)18-48)15-34(46(65)66)55-42(61)25(3)54-44(39)63/h8-14,16-17,25,30-31,34-35,39,51,58-60H,15,18-22,48-49H2,1-7H3,(H,54,63)(H,55,61)(H,56,62)(H,65,66)(H2,50,67,68)/t25-,30?,31?,34-,35?,39-/m0/s1. The Bertz CT molecular complexity index is 2730. The molecule has 1 aliphatic rings. The quantitative estimate of drug-likeness (QED) is 0.0638. The van der Waals surface area contributed by atoms with E-state index in [9.17, 15) is 52.8 Å². The minimum Gasteiger partial charge on any atom is -0.504 e. The van der Waals surface area contributed by atoms with Gasteiger partial charge in [-0.05, 0) is 67.1 Å². The average Bonchev–Trinajstić information content (AvgIpc) is 3.30. The number of carbonyl (C=O) groups is 5. The highest BCUT2D eigenvalue weighted by atomic mass is 32.2. The number of likely N-dealkylation sites (N-methyl/N-ethyl adjacent to an activating group) is 1. The van der Waals surface area contributed by atoms with Gasteiger partial charge in [0.15, 0.2) is 17.3 Å². The van der Waals surface area contributed by atoms with Crippen molar-refractivity contribution in [3.05, 3.63) is 88.2 Å². The Morgan fingerprint density at radius 2 is 1.48 bits per heavy atom. The molecule has 3 aromatic carbocycles. The smallest absolute Gasteiger partial charge is 0.326 e. The van der Waals surface area contributed by atoms with Gasteiger partial charge >= 0.3 is 5.97 Å². The van der Waals surface area contributed by atoms with Crippen LogP contribution in [-0.4, -0.2) is 144 Å². The normalized spacial score (nSPS) is 17.7. The summed E-state index contributed by atoms with van der Waals surface area (Å²) >= 11 is 0. The number of carbonyl (C=O) groups excluding carboxylic acids is 4. The van der Waals surface area contributed by atoms with Crippen LogP contribution in [-0.2, 0) is 41.2 Å². The molecule has 0 radical (unpaired) electrons. The largest absolute Gasteiger partial charge is 0.504 e. The van der Waals surface area contributed by atoms with Gasteiger partial charge in [0.25, 0.3) is 16.1 Å². The number of phenolic OH excluding ortho intramolecular Hbond substituents is 1. The zero-order valence-electron chi connectivity index (χ0n) is 40.3. The summed E-state index contributed by atoms with van der Waals surface area (Å²) in [5.41, 5.74) is 13.4. The molecular formula is C47H62N10O13S. The van der Waals surface area contributed by atoms with E-state index in [4.69, 9.17) is 26.1 Å². The summed E-state index contributed by atoms with van der Waals surface area (Å²) in [6.07, 6.45) is -2.70. The molecule has 3 unspecified atom stereocenters. The van der Waals surface area contributed by atoms with Gasteiger partial charge in [-0.3, -0.25) is 19.2 Å².